The molecule has 0 spiro atoms. The topological polar surface area (TPSA) is 30.7 Å². The van der Waals surface area contributed by atoms with Crippen LogP contribution in [0.3, 0.4) is 0 Å². The Balaban J connectivity index is 1.60. The molecule has 0 saturated carbocycles. The third kappa shape index (κ3) is 4.22. The molecule has 3 heteroatoms. The van der Waals surface area contributed by atoms with Crippen LogP contribution < -0.4 is 0 Å². The highest BCUT2D eigenvalue weighted by atomic mass is 15.3. The summed E-state index contributed by atoms with van der Waals surface area (Å²) in [4.78, 5) is 0. The second-order valence-corrected chi connectivity index (χ2v) is 9.29. The highest BCUT2D eigenvalue weighted by molar-refractivity contribution is 5.71. The van der Waals surface area contributed by atoms with E-state index in [0.29, 0.717) is 0 Å². The Morgan fingerprint density at radius 1 is 0.485 bits per heavy atom. The molecule has 0 radical (unpaired) electrons. The summed E-state index contributed by atoms with van der Waals surface area (Å²) in [5, 5.41) is 9.25. The third-order valence-electron chi connectivity index (χ3n) is 5.94. The van der Waals surface area contributed by atoms with E-state index in [2.05, 4.69) is 120 Å². The molecule has 5 aromatic rings. The number of rotatable bonds is 4. The third-order valence-corrected chi connectivity index (χ3v) is 5.94. The molecule has 1 aromatic heterocycles. The van der Waals surface area contributed by atoms with Gasteiger partial charge >= 0.3 is 0 Å². The smallest absolute Gasteiger partial charge is 0.168 e. The van der Waals surface area contributed by atoms with Crippen molar-refractivity contribution < 1.29 is 0 Å². The molecule has 1 heterocycles. The van der Waals surface area contributed by atoms with Gasteiger partial charge in [-0.25, -0.2) is 0 Å². The first kappa shape index (κ1) is 20.9. The van der Waals surface area contributed by atoms with Crippen LogP contribution in [0, 0.1) is 0 Å². The van der Waals surface area contributed by atoms with Crippen molar-refractivity contribution in [2.45, 2.75) is 26.2 Å². The van der Waals surface area contributed by atoms with Gasteiger partial charge in [0.05, 0.1) is 0 Å². The minimum Gasteiger partial charge on any atom is -0.275 e. The second kappa shape index (κ2) is 8.51. The Labute approximate surface area is 195 Å². The average molecular weight is 430 g/mol. The van der Waals surface area contributed by atoms with E-state index < -0.39 is 0 Å². The Hall–Kier alpha value is -3.98. The fourth-order valence-corrected chi connectivity index (χ4v) is 4.04. The monoisotopic (exact) mass is 429 g/mol. The normalized spacial score (nSPS) is 11.5. The molecule has 3 nitrogen and oxygen atoms in total. The lowest BCUT2D eigenvalue weighted by molar-refractivity contribution is 0.590. The van der Waals surface area contributed by atoms with Crippen LogP contribution in [0.1, 0.15) is 26.3 Å². The van der Waals surface area contributed by atoms with Crippen molar-refractivity contribution >= 4 is 0 Å². The van der Waals surface area contributed by atoms with Crippen molar-refractivity contribution in [3.05, 3.63) is 115 Å². The van der Waals surface area contributed by atoms with Crippen LogP contribution in [0.25, 0.3) is 39.6 Å². The minimum atomic E-state index is 0.108. The Morgan fingerprint density at radius 3 is 1.42 bits per heavy atom. The van der Waals surface area contributed by atoms with Crippen LogP contribution in [-0.2, 0) is 5.41 Å². The maximum Gasteiger partial charge on any atom is 0.168 e. The lowest BCUT2D eigenvalue weighted by Gasteiger charge is -2.19. The molecular weight excluding hydrogens is 402 g/mol. The van der Waals surface area contributed by atoms with E-state index in [4.69, 9.17) is 0 Å². The van der Waals surface area contributed by atoms with E-state index in [0.717, 1.165) is 28.5 Å². The average Bonchev–Trinajstić information content (AvgIpc) is 3.30. The van der Waals surface area contributed by atoms with Crippen molar-refractivity contribution in [3.8, 4) is 39.6 Å². The van der Waals surface area contributed by atoms with Gasteiger partial charge in [-0.1, -0.05) is 118 Å². The Morgan fingerprint density at radius 2 is 0.909 bits per heavy atom. The molecule has 0 N–H and O–H groups in total. The van der Waals surface area contributed by atoms with Crippen molar-refractivity contribution in [1.29, 1.82) is 0 Å². The van der Waals surface area contributed by atoms with Crippen LogP contribution in [0.4, 0.5) is 0 Å². The number of benzene rings is 4. The maximum atomic E-state index is 4.63. The van der Waals surface area contributed by atoms with Gasteiger partial charge in [-0.3, -0.25) is 4.57 Å². The number of hydrogen-bond donors (Lipinski definition) is 0. The molecule has 33 heavy (non-hydrogen) atoms. The van der Waals surface area contributed by atoms with E-state index in [1.165, 1.54) is 16.7 Å². The molecule has 0 atom stereocenters. The minimum absolute atomic E-state index is 0.108. The molecule has 4 aromatic carbocycles. The zero-order chi connectivity index (χ0) is 22.8. The molecule has 0 aliphatic heterocycles. The summed E-state index contributed by atoms with van der Waals surface area (Å²) >= 11 is 0. The first-order valence-electron chi connectivity index (χ1n) is 11.3. The van der Waals surface area contributed by atoms with Crippen molar-refractivity contribution in [2.75, 3.05) is 0 Å². The molecule has 162 valence electrons. The zero-order valence-electron chi connectivity index (χ0n) is 19.2. The molecule has 0 bridgehead atoms. The molecular formula is C30H27N3. The molecule has 0 unspecified atom stereocenters. The highest BCUT2D eigenvalue weighted by Gasteiger charge is 2.19. The van der Waals surface area contributed by atoms with Crippen molar-refractivity contribution in [2.24, 2.45) is 0 Å². The van der Waals surface area contributed by atoms with Gasteiger partial charge in [0.2, 0.25) is 0 Å². The lowest BCUT2D eigenvalue weighted by atomic mass is 9.86. The number of aromatic nitrogens is 3. The van der Waals surface area contributed by atoms with Gasteiger partial charge in [0.1, 0.15) is 0 Å². The van der Waals surface area contributed by atoms with E-state index in [9.17, 15) is 0 Å². The van der Waals surface area contributed by atoms with Gasteiger partial charge in [0, 0.05) is 16.8 Å². The Bertz CT molecular complexity index is 1340. The molecule has 0 aliphatic carbocycles. The molecule has 0 amide bonds. The highest BCUT2D eigenvalue weighted by Crippen LogP contribution is 2.31. The van der Waals surface area contributed by atoms with Crippen LogP contribution in [0.5, 0.6) is 0 Å². The molecule has 0 saturated heterocycles. The summed E-state index contributed by atoms with van der Waals surface area (Å²) in [7, 11) is 0. The van der Waals surface area contributed by atoms with Gasteiger partial charge in [-0.15, -0.1) is 10.2 Å². The fourth-order valence-electron chi connectivity index (χ4n) is 4.04. The number of nitrogens with zero attached hydrogens (tertiary/aromatic N) is 3. The summed E-state index contributed by atoms with van der Waals surface area (Å²) in [5.41, 5.74) is 6.91. The van der Waals surface area contributed by atoms with Crippen LogP contribution in [0.15, 0.2) is 109 Å². The second-order valence-electron chi connectivity index (χ2n) is 9.29. The Kier molecular flexibility index (Phi) is 5.39. The van der Waals surface area contributed by atoms with Gasteiger partial charge in [-0.05, 0) is 34.2 Å². The summed E-state index contributed by atoms with van der Waals surface area (Å²) in [6.07, 6.45) is 0. The van der Waals surface area contributed by atoms with Crippen molar-refractivity contribution in [3.63, 3.8) is 0 Å². The molecule has 0 fully saturated rings. The number of para-hydroxylation sites is 1. The summed E-state index contributed by atoms with van der Waals surface area (Å²) in [5.74, 6) is 1.67. The number of hydrogen-bond acceptors (Lipinski definition) is 2. The maximum absolute atomic E-state index is 4.63. The van der Waals surface area contributed by atoms with E-state index in [1.807, 2.05) is 24.3 Å². The summed E-state index contributed by atoms with van der Waals surface area (Å²) < 4.78 is 2.14. The van der Waals surface area contributed by atoms with Gasteiger partial charge in [0.25, 0.3) is 0 Å². The predicted octanol–water partition coefficient (Wildman–Crippen LogP) is 7.57. The van der Waals surface area contributed by atoms with Gasteiger partial charge in [-0.2, -0.15) is 0 Å². The summed E-state index contributed by atoms with van der Waals surface area (Å²) in [6, 6.07) is 37.9. The first-order chi connectivity index (χ1) is 16.0. The van der Waals surface area contributed by atoms with Crippen LogP contribution >= 0.6 is 0 Å². The predicted molar refractivity (Wildman–Crippen MR) is 136 cm³/mol. The summed E-state index contributed by atoms with van der Waals surface area (Å²) in [6.45, 7) is 6.68. The standard InChI is InChI=1S/C30H27N3/c1-30(2,3)26-20-18-25(19-21-26)29-32-31-28(33(29)27-12-8-5-9-13-27)24-16-14-23(15-17-24)22-10-6-4-7-11-22/h4-21H,1-3H3. The van der Waals surface area contributed by atoms with Gasteiger partial charge < -0.3 is 0 Å². The fraction of sp³-hybridized carbons (Fsp3) is 0.133. The molecule has 5 rings (SSSR count). The van der Waals surface area contributed by atoms with E-state index >= 15 is 0 Å². The largest absolute Gasteiger partial charge is 0.275 e. The van der Waals surface area contributed by atoms with Gasteiger partial charge in [0.15, 0.2) is 11.6 Å². The van der Waals surface area contributed by atoms with Crippen LogP contribution in [-0.4, -0.2) is 14.8 Å². The lowest BCUT2D eigenvalue weighted by Crippen LogP contribution is -2.10. The van der Waals surface area contributed by atoms with Crippen molar-refractivity contribution in [1.82, 2.24) is 14.8 Å². The van der Waals surface area contributed by atoms with E-state index in [-0.39, 0.29) is 5.41 Å². The zero-order valence-corrected chi connectivity index (χ0v) is 19.2. The quantitative estimate of drug-likeness (QED) is 0.295. The first-order valence-corrected chi connectivity index (χ1v) is 11.3. The van der Waals surface area contributed by atoms with Crippen LogP contribution in [0.2, 0.25) is 0 Å². The molecule has 0 aliphatic rings. The van der Waals surface area contributed by atoms with E-state index in [1.54, 1.807) is 0 Å². The SMILES string of the molecule is CC(C)(C)c1ccc(-c2nnc(-c3ccc(-c4ccccc4)cc3)n2-c2ccccc2)cc1.